The molecule has 0 bridgehead atoms. The summed E-state index contributed by atoms with van der Waals surface area (Å²) < 4.78 is 18.0. The smallest absolute Gasteiger partial charge is 0.288 e. The summed E-state index contributed by atoms with van der Waals surface area (Å²) in [5.41, 5.74) is 0. The van der Waals surface area contributed by atoms with Crippen molar-refractivity contribution >= 4 is 29.4 Å². The normalized spacial score (nSPS) is 10.1. The number of ether oxygens (including phenoxy) is 1. The summed E-state index contributed by atoms with van der Waals surface area (Å²) in [5.74, 6) is -1.49. The zero-order valence-electron chi connectivity index (χ0n) is 11.3. The Labute approximate surface area is 129 Å². The van der Waals surface area contributed by atoms with E-state index in [1.54, 1.807) is 0 Å². The number of amides is 2. The Balaban J connectivity index is 1.90. The standard InChI is InChI=1S/C12H11ClFN5O3/c1-15-11(21)10-17-12(19-18-10)16-9(20)5-22-8-3-2-6(14)4-7(8)13/h2-4H,5H2,1H3,(H,15,21)(H2,16,17,18,19,20). The number of hydrogen-bond donors (Lipinski definition) is 3. The number of H-pyrrole nitrogens is 1. The van der Waals surface area contributed by atoms with Gasteiger partial charge in [0, 0.05) is 7.05 Å². The van der Waals surface area contributed by atoms with Crippen molar-refractivity contribution in [2.75, 3.05) is 19.0 Å². The zero-order chi connectivity index (χ0) is 16.1. The number of aromatic amines is 1. The molecular formula is C12H11ClFN5O3. The molecule has 2 rings (SSSR count). The Bertz CT molecular complexity index is 706. The number of halogens is 2. The van der Waals surface area contributed by atoms with Crippen molar-refractivity contribution in [3.05, 3.63) is 34.9 Å². The van der Waals surface area contributed by atoms with Gasteiger partial charge in [0.05, 0.1) is 5.02 Å². The van der Waals surface area contributed by atoms with Gasteiger partial charge in [-0.15, -0.1) is 5.10 Å². The highest BCUT2D eigenvalue weighted by molar-refractivity contribution is 6.32. The van der Waals surface area contributed by atoms with E-state index in [0.29, 0.717) is 0 Å². The van der Waals surface area contributed by atoms with Crippen molar-refractivity contribution in [1.29, 1.82) is 0 Å². The molecule has 8 nitrogen and oxygen atoms in total. The molecule has 0 fully saturated rings. The van der Waals surface area contributed by atoms with Crippen LogP contribution in [0.3, 0.4) is 0 Å². The molecule has 10 heteroatoms. The summed E-state index contributed by atoms with van der Waals surface area (Å²) in [7, 11) is 1.43. The molecule has 1 aromatic heterocycles. The number of anilines is 1. The second-order valence-electron chi connectivity index (χ2n) is 4.00. The Kier molecular flexibility index (Phi) is 4.89. The number of carbonyl (C=O) groups is 2. The molecule has 0 aliphatic carbocycles. The summed E-state index contributed by atoms with van der Waals surface area (Å²) >= 11 is 5.76. The monoisotopic (exact) mass is 327 g/mol. The van der Waals surface area contributed by atoms with Gasteiger partial charge in [-0.1, -0.05) is 11.6 Å². The maximum Gasteiger partial charge on any atom is 0.288 e. The maximum atomic E-state index is 12.9. The highest BCUT2D eigenvalue weighted by atomic mass is 35.5. The van der Waals surface area contributed by atoms with E-state index in [-0.39, 0.29) is 29.2 Å². The summed E-state index contributed by atoms with van der Waals surface area (Å²) in [5, 5.41) is 10.7. The molecule has 116 valence electrons. The van der Waals surface area contributed by atoms with Crippen LogP contribution in [0.5, 0.6) is 5.75 Å². The van der Waals surface area contributed by atoms with Gasteiger partial charge in [-0.2, -0.15) is 4.98 Å². The van der Waals surface area contributed by atoms with Crippen LogP contribution in [0.4, 0.5) is 10.3 Å². The molecule has 1 aromatic carbocycles. The first-order valence-corrected chi connectivity index (χ1v) is 6.39. The van der Waals surface area contributed by atoms with E-state index in [9.17, 15) is 14.0 Å². The van der Waals surface area contributed by atoms with Crippen LogP contribution in [0.15, 0.2) is 18.2 Å². The minimum atomic E-state index is -0.567. The van der Waals surface area contributed by atoms with Gasteiger partial charge in [0.25, 0.3) is 11.8 Å². The van der Waals surface area contributed by atoms with Crippen LogP contribution < -0.4 is 15.4 Å². The number of carbonyl (C=O) groups excluding carboxylic acids is 2. The fourth-order valence-corrected chi connectivity index (χ4v) is 1.66. The summed E-state index contributed by atoms with van der Waals surface area (Å²) in [4.78, 5) is 26.7. The van der Waals surface area contributed by atoms with Gasteiger partial charge in [-0.25, -0.2) is 4.39 Å². The second-order valence-corrected chi connectivity index (χ2v) is 4.41. The first-order chi connectivity index (χ1) is 10.5. The summed E-state index contributed by atoms with van der Waals surface area (Å²) in [6.07, 6.45) is 0. The van der Waals surface area contributed by atoms with Crippen molar-refractivity contribution < 1.29 is 18.7 Å². The topological polar surface area (TPSA) is 109 Å². The Morgan fingerprint density at radius 3 is 2.91 bits per heavy atom. The third kappa shape index (κ3) is 3.92. The van der Waals surface area contributed by atoms with Crippen LogP contribution >= 0.6 is 11.6 Å². The van der Waals surface area contributed by atoms with Crippen molar-refractivity contribution in [2.45, 2.75) is 0 Å². The van der Waals surface area contributed by atoms with Crippen LogP contribution in [0.2, 0.25) is 5.02 Å². The highest BCUT2D eigenvalue weighted by Crippen LogP contribution is 2.24. The first kappa shape index (κ1) is 15.7. The van der Waals surface area contributed by atoms with Crippen LogP contribution in [0.1, 0.15) is 10.6 Å². The van der Waals surface area contributed by atoms with Gasteiger partial charge in [0.1, 0.15) is 11.6 Å². The van der Waals surface area contributed by atoms with E-state index in [1.807, 2.05) is 0 Å². The van der Waals surface area contributed by atoms with Crippen molar-refractivity contribution in [3.63, 3.8) is 0 Å². The molecule has 0 aliphatic heterocycles. The predicted molar refractivity (Wildman–Crippen MR) is 75.3 cm³/mol. The summed E-state index contributed by atoms with van der Waals surface area (Å²) in [6.45, 7) is -0.380. The molecule has 2 aromatic rings. The summed E-state index contributed by atoms with van der Waals surface area (Å²) in [6, 6.07) is 3.53. The second kappa shape index (κ2) is 6.85. The Morgan fingerprint density at radius 1 is 1.45 bits per heavy atom. The average Bonchev–Trinajstić information content (AvgIpc) is 2.94. The van der Waals surface area contributed by atoms with E-state index >= 15 is 0 Å². The van der Waals surface area contributed by atoms with Crippen LogP contribution in [-0.4, -0.2) is 40.7 Å². The third-order valence-corrected chi connectivity index (χ3v) is 2.73. The number of nitrogens with one attached hydrogen (secondary N) is 3. The number of benzene rings is 1. The molecule has 0 saturated heterocycles. The number of aromatic nitrogens is 3. The van der Waals surface area contributed by atoms with Crippen LogP contribution in [-0.2, 0) is 4.79 Å². The van der Waals surface area contributed by atoms with Gasteiger partial charge in [-0.05, 0) is 18.2 Å². The molecular weight excluding hydrogens is 317 g/mol. The lowest BCUT2D eigenvalue weighted by Gasteiger charge is -2.07. The van der Waals surface area contributed by atoms with Crippen molar-refractivity contribution in [3.8, 4) is 5.75 Å². The predicted octanol–water partition coefficient (Wildman–Crippen LogP) is 0.974. The number of nitrogens with zero attached hydrogens (tertiary/aromatic N) is 2. The molecule has 2 amide bonds. The highest BCUT2D eigenvalue weighted by Gasteiger charge is 2.13. The van der Waals surface area contributed by atoms with E-state index < -0.39 is 17.6 Å². The van der Waals surface area contributed by atoms with E-state index in [4.69, 9.17) is 16.3 Å². The van der Waals surface area contributed by atoms with Gasteiger partial charge < -0.3 is 10.1 Å². The molecule has 1 heterocycles. The lowest BCUT2D eigenvalue weighted by molar-refractivity contribution is -0.118. The zero-order valence-corrected chi connectivity index (χ0v) is 12.1. The van der Waals surface area contributed by atoms with Gasteiger partial charge in [0.15, 0.2) is 6.61 Å². The average molecular weight is 328 g/mol. The van der Waals surface area contributed by atoms with Crippen LogP contribution in [0, 0.1) is 5.82 Å². The minimum Gasteiger partial charge on any atom is -0.482 e. The molecule has 0 spiro atoms. The maximum absolute atomic E-state index is 12.9. The largest absolute Gasteiger partial charge is 0.482 e. The number of rotatable bonds is 5. The van der Waals surface area contributed by atoms with Crippen molar-refractivity contribution in [1.82, 2.24) is 20.5 Å². The lowest BCUT2D eigenvalue weighted by Crippen LogP contribution is -2.21. The Hall–Kier alpha value is -2.68. The quantitative estimate of drug-likeness (QED) is 0.758. The fraction of sp³-hybridized carbons (Fsp3) is 0.167. The van der Waals surface area contributed by atoms with Gasteiger partial charge in [0.2, 0.25) is 11.8 Å². The first-order valence-electron chi connectivity index (χ1n) is 6.02. The van der Waals surface area contributed by atoms with Gasteiger partial charge >= 0.3 is 0 Å². The third-order valence-electron chi connectivity index (χ3n) is 2.43. The van der Waals surface area contributed by atoms with E-state index in [1.165, 1.54) is 13.1 Å². The molecule has 0 atom stereocenters. The Morgan fingerprint density at radius 2 is 2.23 bits per heavy atom. The number of hydrogen-bond acceptors (Lipinski definition) is 5. The molecule has 0 unspecified atom stereocenters. The fourth-order valence-electron chi connectivity index (χ4n) is 1.43. The minimum absolute atomic E-state index is 0.0414. The van der Waals surface area contributed by atoms with Crippen LogP contribution in [0.25, 0.3) is 0 Å². The molecule has 0 aliphatic rings. The van der Waals surface area contributed by atoms with E-state index in [2.05, 4.69) is 25.8 Å². The molecule has 22 heavy (non-hydrogen) atoms. The van der Waals surface area contributed by atoms with Crippen molar-refractivity contribution in [2.24, 2.45) is 0 Å². The van der Waals surface area contributed by atoms with Gasteiger partial charge in [-0.3, -0.25) is 20.0 Å². The molecule has 3 N–H and O–H groups in total. The van der Waals surface area contributed by atoms with E-state index in [0.717, 1.165) is 12.1 Å². The lowest BCUT2D eigenvalue weighted by atomic mass is 10.3. The molecule has 0 saturated carbocycles. The molecule has 0 radical (unpaired) electrons. The SMILES string of the molecule is CNC(=O)c1nc(NC(=O)COc2ccc(F)cc2Cl)n[nH]1.